The Kier molecular flexibility index (Phi) is 5.50. The largest absolute Gasteiger partial charge is 0.467 e. The summed E-state index contributed by atoms with van der Waals surface area (Å²) in [6.45, 7) is 10.5. The maximum atomic E-state index is 5.35. The molecule has 1 unspecified atom stereocenters. The van der Waals surface area contributed by atoms with E-state index in [9.17, 15) is 0 Å². The summed E-state index contributed by atoms with van der Waals surface area (Å²) in [7, 11) is 0. The van der Waals surface area contributed by atoms with Crippen LogP contribution < -0.4 is 5.32 Å². The normalized spacial score (nSPS) is 19.9. The number of nitrogens with zero attached hydrogens (tertiary/aromatic N) is 2. The maximum Gasteiger partial charge on any atom is 0.194 e. The Morgan fingerprint density at radius 2 is 2.40 bits per heavy atom. The van der Waals surface area contributed by atoms with Crippen molar-refractivity contribution in [1.82, 2.24) is 10.2 Å². The second kappa shape index (κ2) is 7.36. The molecule has 1 aromatic rings. The van der Waals surface area contributed by atoms with Gasteiger partial charge in [-0.1, -0.05) is 13.8 Å². The average molecular weight is 277 g/mol. The van der Waals surface area contributed by atoms with Gasteiger partial charge >= 0.3 is 0 Å². The molecular weight excluding hydrogens is 250 g/mol. The lowest BCUT2D eigenvalue weighted by molar-refractivity contribution is 0.403. The minimum atomic E-state index is 0.612. The molecule has 4 nitrogen and oxygen atoms in total. The lowest BCUT2D eigenvalue weighted by Gasteiger charge is -2.22. The standard InChI is InChI=1S/C16H27N3O/c1-4-17-16(18-11-15-6-5-9-20-15)19-8-7-14(12-19)10-13(2)3/h5-6,9,13-14H,4,7-8,10-12H2,1-3H3,(H,17,18). The minimum Gasteiger partial charge on any atom is -0.467 e. The Morgan fingerprint density at radius 3 is 3.05 bits per heavy atom. The van der Waals surface area contributed by atoms with Crippen molar-refractivity contribution in [3.63, 3.8) is 0 Å². The van der Waals surface area contributed by atoms with Crippen molar-refractivity contribution >= 4 is 5.96 Å². The Balaban J connectivity index is 1.93. The summed E-state index contributed by atoms with van der Waals surface area (Å²) >= 11 is 0. The summed E-state index contributed by atoms with van der Waals surface area (Å²) in [5.41, 5.74) is 0. The number of aliphatic imine (C=N–C) groups is 1. The molecule has 0 aromatic carbocycles. The first-order valence-corrected chi connectivity index (χ1v) is 7.74. The van der Waals surface area contributed by atoms with Crippen molar-refractivity contribution in [3.05, 3.63) is 24.2 Å². The van der Waals surface area contributed by atoms with Crippen LogP contribution in [0.2, 0.25) is 0 Å². The molecule has 1 atom stereocenters. The van der Waals surface area contributed by atoms with Crippen LogP contribution in [0, 0.1) is 11.8 Å². The van der Waals surface area contributed by atoms with E-state index in [1.165, 1.54) is 12.8 Å². The lowest BCUT2D eigenvalue weighted by Crippen LogP contribution is -2.40. The SMILES string of the molecule is CCNC(=NCc1ccco1)N1CCC(CC(C)C)C1. The van der Waals surface area contributed by atoms with Crippen LogP contribution in [0.25, 0.3) is 0 Å². The monoisotopic (exact) mass is 277 g/mol. The van der Waals surface area contributed by atoms with Crippen LogP contribution in [0.1, 0.15) is 39.4 Å². The summed E-state index contributed by atoms with van der Waals surface area (Å²) in [6.07, 6.45) is 4.30. The van der Waals surface area contributed by atoms with E-state index < -0.39 is 0 Å². The van der Waals surface area contributed by atoms with Gasteiger partial charge in [-0.15, -0.1) is 0 Å². The number of nitrogens with one attached hydrogen (secondary N) is 1. The number of rotatable bonds is 5. The first-order valence-electron chi connectivity index (χ1n) is 7.74. The molecule has 1 saturated heterocycles. The molecule has 2 rings (SSSR count). The van der Waals surface area contributed by atoms with E-state index >= 15 is 0 Å². The molecule has 1 aliphatic heterocycles. The summed E-state index contributed by atoms with van der Waals surface area (Å²) < 4.78 is 5.35. The molecule has 2 heterocycles. The van der Waals surface area contributed by atoms with Crippen LogP contribution in [0.5, 0.6) is 0 Å². The summed E-state index contributed by atoms with van der Waals surface area (Å²) in [5, 5.41) is 3.40. The highest BCUT2D eigenvalue weighted by Crippen LogP contribution is 2.23. The second-order valence-electron chi connectivity index (χ2n) is 5.98. The highest BCUT2D eigenvalue weighted by atomic mass is 16.3. The molecule has 0 spiro atoms. The van der Waals surface area contributed by atoms with Crippen LogP contribution >= 0.6 is 0 Å². The van der Waals surface area contributed by atoms with Crippen molar-refractivity contribution in [2.45, 2.75) is 40.2 Å². The van der Waals surface area contributed by atoms with E-state index in [-0.39, 0.29) is 0 Å². The molecule has 0 bridgehead atoms. The maximum absolute atomic E-state index is 5.35. The summed E-state index contributed by atoms with van der Waals surface area (Å²) in [4.78, 5) is 7.08. The van der Waals surface area contributed by atoms with Crippen LogP contribution in [0.3, 0.4) is 0 Å². The Morgan fingerprint density at radius 1 is 1.55 bits per heavy atom. The topological polar surface area (TPSA) is 40.8 Å². The Hall–Kier alpha value is -1.45. The van der Waals surface area contributed by atoms with Gasteiger partial charge in [0.05, 0.1) is 6.26 Å². The van der Waals surface area contributed by atoms with E-state index in [0.29, 0.717) is 6.54 Å². The van der Waals surface area contributed by atoms with Gasteiger partial charge in [-0.2, -0.15) is 0 Å². The van der Waals surface area contributed by atoms with Crippen molar-refractivity contribution in [2.75, 3.05) is 19.6 Å². The van der Waals surface area contributed by atoms with Crippen molar-refractivity contribution in [3.8, 4) is 0 Å². The third-order valence-electron chi connectivity index (χ3n) is 3.69. The molecule has 112 valence electrons. The van der Waals surface area contributed by atoms with Crippen molar-refractivity contribution < 1.29 is 4.42 Å². The van der Waals surface area contributed by atoms with Crippen LogP contribution in [0.15, 0.2) is 27.8 Å². The summed E-state index contributed by atoms with van der Waals surface area (Å²) in [5.74, 6) is 3.53. The van der Waals surface area contributed by atoms with Crippen molar-refractivity contribution in [1.29, 1.82) is 0 Å². The molecule has 0 radical (unpaired) electrons. The van der Waals surface area contributed by atoms with Gasteiger partial charge in [0.25, 0.3) is 0 Å². The van der Waals surface area contributed by atoms with Crippen LogP contribution in [-0.4, -0.2) is 30.5 Å². The molecule has 4 heteroatoms. The molecule has 0 amide bonds. The quantitative estimate of drug-likeness (QED) is 0.664. The molecule has 20 heavy (non-hydrogen) atoms. The smallest absolute Gasteiger partial charge is 0.194 e. The predicted octanol–water partition coefficient (Wildman–Crippen LogP) is 3.11. The van der Waals surface area contributed by atoms with Gasteiger partial charge in [0.1, 0.15) is 12.3 Å². The van der Waals surface area contributed by atoms with Gasteiger partial charge in [-0.3, -0.25) is 0 Å². The van der Waals surface area contributed by atoms with Crippen molar-refractivity contribution in [2.24, 2.45) is 16.8 Å². The van der Waals surface area contributed by atoms with E-state index in [2.05, 4.69) is 36.0 Å². The van der Waals surface area contributed by atoms with E-state index in [1.807, 2.05) is 12.1 Å². The fourth-order valence-corrected chi connectivity index (χ4v) is 2.87. The zero-order valence-electron chi connectivity index (χ0n) is 12.9. The Bertz CT molecular complexity index is 411. The number of guanidine groups is 1. The van der Waals surface area contributed by atoms with Gasteiger partial charge in [0, 0.05) is 19.6 Å². The van der Waals surface area contributed by atoms with Gasteiger partial charge < -0.3 is 14.6 Å². The number of hydrogen-bond donors (Lipinski definition) is 1. The number of hydrogen-bond acceptors (Lipinski definition) is 2. The fourth-order valence-electron chi connectivity index (χ4n) is 2.87. The van der Waals surface area contributed by atoms with Gasteiger partial charge in [0.2, 0.25) is 0 Å². The van der Waals surface area contributed by atoms with Gasteiger partial charge in [-0.25, -0.2) is 4.99 Å². The predicted molar refractivity (Wildman–Crippen MR) is 82.7 cm³/mol. The molecule has 1 aliphatic rings. The van der Waals surface area contributed by atoms with Crippen LogP contribution in [-0.2, 0) is 6.54 Å². The molecule has 0 aliphatic carbocycles. The zero-order valence-corrected chi connectivity index (χ0v) is 12.9. The third kappa shape index (κ3) is 4.29. The number of furan rings is 1. The second-order valence-corrected chi connectivity index (χ2v) is 5.98. The van der Waals surface area contributed by atoms with E-state index in [4.69, 9.17) is 4.42 Å². The molecule has 0 saturated carbocycles. The lowest BCUT2D eigenvalue weighted by atomic mass is 9.97. The van der Waals surface area contributed by atoms with Gasteiger partial charge in [-0.05, 0) is 43.7 Å². The average Bonchev–Trinajstić information content (AvgIpc) is 3.05. The molecular formula is C16H27N3O. The van der Waals surface area contributed by atoms with E-state index in [0.717, 1.165) is 43.2 Å². The first kappa shape index (κ1) is 14.9. The molecule has 1 N–H and O–H groups in total. The third-order valence-corrected chi connectivity index (χ3v) is 3.69. The van der Waals surface area contributed by atoms with E-state index in [1.54, 1.807) is 6.26 Å². The number of likely N-dealkylation sites (tertiary alicyclic amines) is 1. The zero-order chi connectivity index (χ0) is 14.4. The molecule has 1 fully saturated rings. The molecule has 1 aromatic heterocycles. The minimum absolute atomic E-state index is 0.612. The first-order chi connectivity index (χ1) is 9.69. The fraction of sp³-hybridized carbons (Fsp3) is 0.688. The highest BCUT2D eigenvalue weighted by molar-refractivity contribution is 5.80. The Labute approximate surface area is 122 Å². The van der Waals surface area contributed by atoms with Gasteiger partial charge in [0.15, 0.2) is 5.96 Å². The van der Waals surface area contributed by atoms with Crippen LogP contribution in [0.4, 0.5) is 0 Å². The highest BCUT2D eigenvalue weighted by Gasteiger charge is 2.25. The summed E-state index contributed by atoms with van der Waals surface area (Å²) in [6, 6.07) is 3.88.